The quantitative estimate of drug-likeness (QED) is 0.869. The van der Waals surface area contributed by atoms with Crippen molar-refractivity contribution in [1.82, 2.24) is 19.9 Å². The molecule has 1 aliphatic rings. The lowest BCUT2D eigenvalue weighted by molar-refractivity contribution is 0.0806. The first-order valence-electron chi connectivity index (χ1n) is 6.94. The summed E-state index contributed by atoms with van der Waals surface area (Å²) in [5.41, 5.74) is 5.41. The summed E-state index contributed by atoms with van der Waals surface area (Å²) in [6.07, 6.45) is 1.16. The molecule has 0 aliphatic carbocycles. The molecule has 0 bridgehead atoms. The predicted octanol–water partition coefficient (Wildman–Crippen LogP) is 0.789. The van der Waals surface area contributed by atoms with Crippen LogP contribution in [0.2, 0.25) is 0 Å². The second-order valence-electron chi connectivity index (χ2n) is 6.01. The van der Waals surface area contributed by atoms with E-state index in [4.69, 9.17) is 10.3 Å². The first-order valence-corrected chi connectivity index (χ1v) is 6.94. The van der Waals surface area contributed by atoms with Crippen LogP contribution in [0.5, 0.6) is 0 Å². The van der Waals surface area contributed by atoms with Crippen LogP contribution in [0.4, 0.5) is 0 Å². The van der Waals surface area contributed by atoms with E-state index in [0.29, 0.717) is 24.3 Å². The maximum atomic E-state index is 5.96. The van der Waals surface area contributed by atoms with Gasteiger partial charge in [0.15, 0.2) is 5.82 Å². The van der Waals surface area contributed by atoms with Gasteiger partial charge in [-0.3, -0.25) is 4.90 Å². The Morgan fingerprint density at radius 3 is 2.74 bits per heavy atom. The molecule has 1 atom stereocenters. The van der Waals surface area contributed by atoms with Gasteiger partial charge in [-0.2, -0.15) is 4.98 Å². The molecule has 1 unspecified atom stereocenters. The average Bonchev–Trinajstić information content (AvgIpc) is 2.80. The summed E-state index contributed by atoms with van der Waals surface area (Å²) in [6, 6.07) is 0.613. The van der Waals surface area contributed by atoms with Crippen LogP contribution in [-0.4, -0.2) is 52.7 Å². The number of hydrogen-bond acceptors (Lipinski definition) is 6. The molecule has 1 aromatic heterocycles. The number of aromatic nitrogens is 2. The Balaban J connectivity index is 1.96. The first-order chi connectivity index (χ1) is 8.90. The van der Waals surface area contributed by atoms with Crippen LogP contribution in [0.1, 0.15) is 38.9 Å². The molecule has 0 spiro atoms. The predicted molar refractivity (Wildman–Crippen MR) is 73.5 cm³/mol. The molecule has 2 rings (SSSR count). The Morgan fingerprint density at radius 2 is 2.16 bits per heavy atom. The summed E-state index contributed by atoms with van der Waals surface area (Å²) in [5, 5.41) is 3.96. The van der Waals surface area contributed by atoms with Gasteiger partial charge in [0.1, 0.15) is 0 Å². The molecule has 19 heavy (non-hydrogen) atoms. The van der Waals surface area contributed by atoms with E-state index in [9.17, 15) is 0 Å². The largest absolute Gasteiger partial charge is 0.338 e. The van der Waals surface area contributed by atoms with Gasteiger partial charge in [0.2, 0.25) is 5.89 Å². The molecule has 108 valence electrons. The van der Waals surface area contributed by atoms with Gasteiger partial charge in [0, 0.05) is 25.7 Å². The zero-order valence-electron chi connectivity index (χ0n) is 12.4. The Bertz CT molecular complexity index is 411. The SMILES string of the molecule is CCC1CN(Cc2nc(C(C)(C)N)no2)CCN1C. The van der Waals surface area contributed by atoms with Crippen molar-refractivity contribution in [1.29, 1.82) is 0 Å². The van der Waals surface area contributed by atoms with Crippen molar-refractivity contribution in [3.05, 3.63) is 11.7 Å². The smallest absolute Gasteiger partial charge is 0.240 e. The summed E-state index contributed by atoms with van der Waals surface area (Å²) in [5.74, 6) is 1.23. The highest BCUT2D eigenvalue weighted by molar-refractivity contribution is 4.99. The average molecular weight is 267 g/mol. The minimum absolute atomic E-state index is 0.546. The van der Waals surface area contributed by atoms with E-state index < -0.39 is 5.54 Å². The van der Waals surface area contributed by atoms with Gasteiger partial charge >= 0.3 is 0 Å². The van der Waals surface area contributed by atoms with Crippen LogP contribution in [0.15, 0.2) is 4.52 Å². The lowest BCUT2D eigenvalue weighted by Gasteiger charge is -2.38. The Labute approximate surface area is 114 Å². The minimum Gasteiger partial charge on any atom is -0.338 e. The maximum Gasteiger partial charge on any atom is 0.240 e. The highest BCUT2D eigenvalue weighted by Gasteiger charge is 2.26. The van der Waals surface area contributed by atoms with Crippen LogP contribution in [0.25, 0.3) is 0 Å². The summed E-state index contributed by atoms with van der Waals surface area (Å²) in [7, 11) is 2.19. The van der Waals surface area contributed by atoms with Gasteiger partial charge in [-0.1, -0.05) is 12.1 Å². The summed E-state index contributed by atoms with van der Waals surface area (Å²) >= 11 is 0. The third-order valence-corrected chi connectivity index (χ3v) is 3.74. The normalized spacial score (nSPS) is 22.9. The number of hydrogen-bond donors (Lipinski definition) is 1. The molecule has 6 heteroatoms. The van der Waals surface area contributed by atoms with E-state index in [1.54, 1.807) is 0 Å². The molecular weight excluding hydrogens is 242 g/mol. The second kappa shape index (κ2) is 5.56. The van der Waals surface area contributed by atoms with Crippen molar-refractivity contribution in [3.63, 3.8) is 0 Å². The summed E-state index contributed by atoms with van der Waals surface area (Å²) in [6.45, 7) is 9.88. The molecule has 1 aromatic rings. The number of piperazine rings is 1. The van der Waals surface area contributed by atoms with E-state index in [0.717, 1.165) is 26.1 Å². The molecule has 1 aliphatic heterocycles. The lowest BCUT2D eigenvalue weighted by Crippen LogP contribution is -2.50. The van der Waals surface area contributed by atoms with E-state index in [-0.39, 0.29) is 0 Å². The molecule has 0 aromatic carbocycles. The van der Waals surface area contributed by atoms with Gasteiger partial charge in [0.25, 0.3) is 0 Å². The van der Waals surface area contributed by atoms with Gasteiger partial charge in [0.05, 0.1) is 12.1 Å². The Morgan fingerprint density at radius 1 is 1.42 bits per heavy atom. The molecule has 0 amide bonds. The molecule has 1 fully saturated rings. The van der Waals surface area contributed by atoms with E-state index in [1.165, 1.54) is 0 Å². The van der Waals surface area contributed by atoms with Crippen molar-refractivity contribution < 1.29 is 4.52 Å². The third-order valence-electron chi connectivity index (χ3n) is 3.74. The third kappa shape index (κ3) is 3.52. The lowest BCUT2D eigenvalue weighted by atomic mass is 10.1. The topological polar surface area (TPSA) is 71.4 Å². The van der Waals surface area contributed by atoms with Crippen LogP contribution in [0.3, 0.4) is 0 Å². The van der Waals surface area contributed by atoms with Crippen molar-refractivity contribution in [2.24, 2.45) is 5.73 Å². The summed E-state index contributed by atoms with van der Waals surface area (Å²) < 4.78 is 5.29. The van der Waals surface area contributed by atoms with E-state index in [2.05, 4.69) is 33.9 Å². The fourth-order valence-corrected chi connectivity index (χ4v) is 2.37. The Kier molecular flexibility index (Phi) is 4.23. The number of rotatable bonds is 4. The molecule has 2 N–H and O–H groups in total. The molecule has 2 heterocycles. The minimum atomic E-state index is -0.546. The van der Waals surface area contributed by atoms with Crippen LogP contribution in [0, 0.1) is 0 Å². The van der Waals surface area contributed by atoms with Crippen LogP contribution in [-0.2, 0) is 12.1 Å². The highest BCUT2D eigenvalue weighted by Crippen LogP contribution is 2.16. The number of nitrogens with two attached hydrogens (primary N) is 1. The molecular formula is C13H25N5O. The first kappa shape index (κ1) is 14.4. The van der Waals surface area contributed by atoms with Crippen LogP contribution >= 0.6 is 0 Å². The number of likely N-dealkylation sites (N-methyl/N-ethyl adjacent to an activating group) is 1. The highest BCUT2D eigenvalue weighted by atomic mass is 16.5. The standard InChI is InChI=1S/C13H25N5O/c1-5-10-8-18(7-6-17(10)4)9-11-15-12(16-19-11)13(2,3)14/h10H,5-9,14H2,1-4H3. The molecule has 1 saturated heterocycles. The Hall–Kier alpha value is -0.980. The molecule has 0 saturated carbocycles. The van der Waals surface area contributed by atoms with Gasteiger partial charge in [-0.25, -0.2) is 0 Å². The second-order valence-corrected chi connectivity index (χ2v) is 6.01. The van der Waals surface area contributed by atoms with Crippen molar-refractivity contribution in [3.8, 4) is 0 Å². The number of nitrogens with zero attached hydrogens (tertiary/aromatic N) is 4. The van der Waals surface area contributed by atoms with Crippen LogP contribution < -0.4 is 5.73 Å². The monoisotopic (exact) mass is 267 g/mol. The van der Waals surface area contributed by atoms with Gasteiger partial charge < -0.3 is 15.2 Å². The zero-order valence-corrected chi connectivity index (χ0v) is 12.4. The fraction of sp³-hybridized carbons (Fsp3) is 0.846. The van der Waals surface area contributed by atoms with E-state index >= 15 is 0 Å². The van der Waals surface area contributed by atoms with E-state index in [1.807, 2.05) is 13.8 Å². The maximum absolute atomic E-state index is 5.96. The molecule has 0 radical (unpaired) electrons. The van der Waals surface area contributed by atoms with Crippen molar-refractivity contribution in [2.45, 2.75) is 45.3 Å². The van der Waals surface area contributed by atoms with Gasteiger partial charge in [-0.15, -0.1) is 0 Å². The van der Waals surface area contributed by atoms with Crippen molar-refractivity contribution >= 4 is 0 Å². The fourth-order valence-electron chi connectivity index (χ4n) is 2.37. The van der Waals surface area contributed by atoms with Gasteiger partial charge in [-0.05, 0) is 27.3 Å². The summed E-state index contributed by atoms with van der Waals surface area (Å²) in [4.78, 5) is 9.17. The van der Waals surface area contributed by atoms with Crippen molar-refractivity contribution in [2.75, 3.05) is 26.7 Å². The molecule has 6 nitrogen and oxygen atoms in total. The zero-order chi connectivity index (χ0) is 14.0.